The van der Waals surface area contributed by atoms with E-state index in [1.807, 2.05) is 43.3 Å². The number of hydrogen-bond donors (Lipinski definition) is 1. The van der Waals surface area contributed by atoms with Crippen molar-refractivity contribution in [2.45, 2.75) is 6.04 Å². The number of carboxylic acids is 1. The molecule has 1 N–H and O–H groups in total. The molecule has 0 saturated carbocycles. The molecule has 1 unspecified atom stereocenters. The van der Waals surface area contributed by atoms with Gasteiger partial charge in [-0.05, 0) is 24.7 Å². The van der Waals surface area contributed by atoms with E-state index in [4.69, 9.17) is 10.4 Å². The molecule has 1 rings (SSSR count). The van der Waals surface area contributed by atoms with Gasteiger partial charge in [-0.15, -0.1) is 0 Å². The van der Waals surface area contributed by atoms with Crippen LogP contribution in [0.2, 0.25) is 0 Å². The zero-order valence-corrected chi connectivity index (χ0v) is 10.8. The van der Waals surface area contributed by atoms with Crippen LogP contribution < -0.4 is 4.90 Å². The van der Waals surface area contributed by atoms with Gasteiger partial charge >= 0.3 is 5.97 Å². The third-order valence-electron chi connectivity index (χ3n) is 2.67. The van der Waals surface area contributed by atoms with Crippen LogP contribution in [0.1, 0.15) is 11.6 Å². The molecule has 0 aliphatic heterocycles. The number of likely N-dealkylation sites (N-methyl/N-ethyl adjacent to an activating group) is 1. The fourth-order valence-electron chi connectivity index (χ4n) is 1.69. The Morgan fingerprint density at radius 2 is 1.89 bits per heavy atom. The summed E-state index contributed by atoms with van der Waals surface area (Å²) in [5.74, 6) is -0.942. The van der Waals surface area contributed by atoms with Crippen molar-refractivity contribution in [3.8, 4) is 6.07 Å². The number of benzene rings is 1. The molecule has 0 amide bonds. The summed E-state index contributed by atoms with van der Waals surface area (Å²) in [7, 11) is 5.50. The summed E-state index contributed by atoms with van der Waals surface area (Å²) >= 11 is 0. The van der Waals surface area contributed by atoms with Crippen molar-refractivity contribution < 1.29 is 9.90 Å². The van der Waals surface area contributed by atoms with Gasteiger partial charge in [0.05, 0.1) is 12.6 Å². The molecule has 0 saturated heterocycles. The van der Waals surface area contributed by atoms with Crippen LogP contribution in [0.3, 0.4) is 0 Å². The van der Waals surface area contributed by atoms with Gasteiger partial charge in [-0.3, -0.25) is 9.69 Å². The predicted octanol–water partition coefficient (Wildman–Crippen LogP) is 1.33. The van der Waals surface area contributed by atoms with E-state index in [0.29, 0.717) is 0 Å². The normalized spacial score (nSPS) is 11.9. The van der Waals surface area contributed by atoms with Gasteiger partial charge in [0.2, 0.25) is 0 Å². The summed E-state index contributed by atoms with van der Waals surface area (Å²) in [6.45, 7) is -0.159. The number of hydrogen-bond acceptors (Lipinski definition) is 4. The minimum Gasteiger partial charge on any atom is -0.480 e. The van der Waals surface area contributed by atoms with Gasteiger partial charge in [0, 0.05) is 19.8 Å². The third kappa shape index (κ3) is 3.47. The number of carboxylic acid groups (broad SMARTS) is 1. The molecule has 0 radical (unpaired) electrons. The van der Waals surface area contributed by atoms with Crippen LogP contribution >= 0.6 is 0 Å². The van der Waals surface area contributed by atoms with Gasteiger partial charge in [0.15, 0.2) is 0 Å². The van der Waals surface area contributed by atoms with Crippen molar-refractivity contribution in [2.24, 2.45) is 0 Å². The molecule has 18 heavy (non-hydrogen) atoms. The first kappa shape index (κ1) is 14.0. The quantitative estimate of drug-likeness (QED) is 0.850. The number of nitrogens with zero attached hydrogens (tertiary/aromatic N) is 3. The molecule has 1 atom stereocenters. The lowest BCUT2D eigenvalue weighted by Gasteiger charge is -2.21. The van der Waals surface area contributed by atoms with Crippen molar-refractivity contribution in [3.05, 3.63) is 29.8 Å². The molecule has 96 valence electrons. The first-order valence-electron chi connectivity index (χ1n) is 5.54. The van der Waals surface area contributed by atoms with Crippen LogP contribution in [0.4, 0.5) is 5.69 Å². The fourth-order valence-corrected chi connectivity index (χ4v) is 1.69. The summed E-state index contributed by atoms with van der Waals surface area (Å²) < 4.78 is 0. The van der Waals surface area contributed by atoms with Crippen molar-refractivity contribution >= 4 is 11.7 Å². The number of rotatable bonds is 5. The van der Waals surface area contributed by atoms with Crippen molar-refractivity contribution in [1.82, 2.24) is 4.90 Å². The Balaban J connectivity index is 2.89. The molecule has 1 aromatic carbocycles. The highest BCUT2D eigenvalue weighted by Gasteiger charge is 2.18. The summed E-state index contributed by atoms with van der Waals surface area (Å²) in [5.41, 5.74) is 1.84. The molecule has 5 heteroatoms. The van der Waals surface area contributed by atoms with Crippen LogP contribution in [0.15, 0.2) is 24.3 Å². The molecule has 0 aliphatic rings. The molecule has 0 fully saturated rings. The molecule has 5 nitrogen and oxygen atoms in total. The Kier molecular flexibility index (Phi) is 4.69. The molecule has 0 heterocycles. The van der Waals surface area contributed by atoms with E-state index < -0.39 is 12.0 Å². The highest BCUT2D eigenvalue weighted by Crippen LogP contribution is 2.21. The predicted molar refractivity (Wildman–Crippen MR) is 69.4 cm³/mol. The lowest BCUT2D eigenvalue weighted by Crippen LogP contribution is -2.29. The van der Waals surface area contributed by atoms with Gasteiger partial charge in [-0.25, -0.2) is 0 Å². The Morgan fingerprint density at radius 3 is 2.28 bits per heavy atom. The van der Waals surface area contributed by atoms with E-state index in [1.165, 1.54) is 4.90 Å². The topological polar surface area (TPSA) is 67.6 Å². The molecule has 0 bridgehead atoms. The zero-order valence-electron chi connectivity index (χ0n) is 10.8. The lowest BCUT2D eigenvalue weighted by atomic mass is 10.1. The van der Waals surface area contributed by atoms with Crippen LogP contribution in [0.5, 0.6) is 0 Å². The first-order chi connectivity index (χ1) is 8.45. The number of carbonyl (C=O) groups is 1. The average molecular weight is 247 g/mol. The van der Waals surface area contributed by atoms with Crippen LogP contribution in [0, 0.1) is 11.3 Å². The zero-order chi connectivity index (χ0) is 13.7. The smallest absolute Gasteiger partial charge is 0.317 e. The molecule has 0 spiro atoms. The van der Waals surface area contributed by atoms with Gasteiger partial charge in [-0.1, -0.05) is 12.1 Å². The second-order valence-electron chi connectivity index (χ2n) is 4.33. The van der Waals surface area contributed by atoms with E-state index in [-0.39, 0.29) is 6.54 Å². The molecule has 0 aliphatic carbocycles. The molecular formula is C13H17N3O2. The number of aliphatic carboxylic acids is 1. The number of nitriles is 1. The van der Waals surface area contributed by atoms with E-state index in [9.17, 15) is 4.79 Å². The number of anilines is 1. The van der Waals surface area contributed by atoms with Crippen LogP contribution in [-0.2, 0) is 4.79 Å². The Labute approximate surface area is 107 Å². The van der Waals surface area contributed by atoms with Crippen molar-refractivity contribution in [3.63, 3.8) is 0 Å². The Morgan fingerprint density at radius 1 is 1.33 bits per heavy atom. The van der Waals surface area contributed by atoms with Crippen LogP contribution in [-0.4, -0.2) is 43.7 Å². The average Bonchev–Trinajstić information content (AvgIpc) is 2.29. The van der Waals surface area contributed by atoms with E-state index in [2.05, 4.69) is 6.07 Å². The summed E-state index contributed by atoms with van der Waals surface area (Å²) in [5, 5.41) is 17.9. The highest BCUT2D eigenvalue weighted by atomic mass is 16.4. The first-order valence-corrected chi connectivity index (χ1v) is 5.54. The maximum Gasteiger partial charge on any atom is 0.317 e. The van der Waals surface area contributed by atoms with Crippen molar-refractivity contribution in [2.75, 3.05) is 32.6 Å². The van der Waals surface area contributed by atoms with Gasteiger partial charge in [0.25, 0.3) is 0 Å². The second-order valence-corrected chi connectivity index (χ2v) is 4.33. The van der Waals surface area contributed by atoms with Gasteiger partial charge in [-0.2, -0.15) is 5.26 Å². The molecule has 1 aromatic rings. The second kappa shape index (κ2) is 6.03. The molecular weight excluding hydrogens is 230 g/mol. The van der Waals surface area contributed by atoms with Crippen molar-refractivity contribution in [1.29, 1.82) is 5.26 Å². The van der Waals surface area contributed by atoms with Gasteiger partial charge in [0.1, 0.15) is 6.04 Å². The Hall–Kier alpha value is -2.06. The maximum absolute atomic E-state index is 10.6. The summed E-state index contributed by atoms with van der Waals surface area (Å²) in [6, 6.07) is 9.10. The van der Waals surface area contributed by atoms with E-state index in [0.717, 1.165) is 11.3 Å². The minimum absolute atomic E-state index is 0.159. The Bertz CT molecular complexity index is 448. The van der Waals surface area contributed by atoms with E-state index in [1.54, 1.807) is 7.05 Å². The van der Waals surface area contributed by atoms with E-state index >= 15 is 0 Å². The third-order valence-corrected chi connectivity index (χ3v) is 2.67. The highest BCUT2D eigenvalue weighted by molar-refractivity contribution is 5.69. The standard InChI is InChI=1S/C13H17N3O2/c1-15(2)11-6-4-10(5-7-11)12(8-14)16(3)9-13(17)18/h4-7,12H,9H2,1-3H3,(H,17,18). The maximum atomic E-state index is 10.6. The minimum atomic E-state index is -0.942. The summed E-state index contributed by atoms with van der Waals surface area (Å²) in [6.07, 6.45) is 0. The largest absolute Gasteiger partial charge is 0.480 e. The van der Waals surface area contributed by atoms with Gasteiger partial charge < -0.3 is 10.0 Å². The summed E-state index contributed by atoms with van der Waals surface area (Å²) in [4.78, 5) is 14.1. The monoisotopic (exact) mass is 247 g/mol. The SMILES string of the molecule is CN(C)c1ccc(C(C#N)N(C)CC(=O)O)cc1. The molecule has 0 aromatic heterocycles. The lowest BCUT2D eigenvalue weighted by molar-refractivity contribution is -0.138. The fraction of sp³-hybridized carbons (Fsp3) is 0.385. The van der Waals surface area contributed by atoms with Crippen LogP contribution in [0.25, 0.3) is 0 Å².